The number of benzene rings is 2. The van der Waals surface area contributed by atoms with Gasteiger partial charge in [-0.1, -0.05) is 0 Å². The van der Waals surface area contributed by atoms with E-state index in [9.17, 15) is 35.9 Å². The third-order valence-electron chi connectivity index (χ3n) is 4.78. The van der Waals surface area contributed by atoms with Crippen molar-refractivity contribution in [2.24, 2.45) is 0 Å². The van der Waals surface area contributed by atoms with Crippen LogP contribution in [0.15, 0.2) is 41.8 Å². The first-order valence-corrected chi connectivity index (χ1v) is 10.4. The molecule has 0 spiro atoms. The average Bonchev–Trinajstić information content (AvgIpc) is 3.21. The molecule has 2 heterocycles. The molecule has 4 rings (SSSR count). The first-order chi connectivity index (χ1) is 15.8. The second-order valence-corrected chi connectivity index (χ2v) is 8.10. The Balaban J connectivity index is 1.58. The first kappa shape index (κ1) is 23.5. The van der Waals surface area contributed by atoms with Gasteiger partial charge in [0.05, 0.1) is 22.5 Å². The normalized spacial score (nSPS) is 15.9. The van der Waals surface area contributed by atoms with Gasteiger partial charge in [-0.3, -0.25) is 14.9 Å². The van der Waals surface area contributed by atoms with Crippen LogP contribution in [0.25, 0.3) is 11.3 Å². The minimum atomic E-state index is -5.08. The van der Waals surface area contributed by atoms with Crippen LogP contribution < -0.4 is 15.4 Å². The van der Waals surface area contributed by atoms with Gasteiger partial charge >= 0.3 is 12.4 Å². The minimum absolute atomic E-state index is 0.0439. The molecule has 178 valence electrons. The van der Waals surface area contributed by atoms with Crippen molar-refractivity contribution >= 4 is 34.0 Å². The van der Waals surface area contributed by atoms with E-state index in [0.29, 0.717) is 34.8 Å². The highest BCUT2D eigenvalue weighted by atomic mass is 32.1. The zero-order valence-electron chi connectivity index (χ0n) is 17.0. The second kappa shape index (κ2) is 8.31. The van der Waals surface area contributed by atoms with Gasteiger partial charge in [0.15, 0.2) is 11.2 Å². The lowest BCUT2D eigenvalue weighted by Crippen LogP contribution is -2.34. The number of halogens is 6. The zero-order chi connectivity index (χ0) is 24.8. The van der Waals surface area contributed by atoms with Crippen LogP contribution in [0.5, 0.6) is 5.75 Å². The standard InChI is InChI=1S/C21H13F6N3O3S/c1-9-17(31)28-14-6-10(2-3-16(14)33-9)15-8-34-19(29-15)30-18(32)11-4-12(20(22,23)24)7-13(5-11)21(25,26)27/h2-9H,1H3,(H,28,31)(H,29,30,32). The molecule has 1 aliphatic rings. The Morgan fingerprint density at radius 3 is 2.32 bits per heavy atom. The van der Waals surface area contributed by atoms with E-state index in [0.717, 1.165) is 11.3 Å². The summed E-state index contributed by atoms with van der Waals surface area (Å²) in [4.78, 5) is 28.4. The summed E-state index contributed by atoms with van der Waals surface area (Å²) in [6, 6.07) is 5.46. The molecule has 1 aliphatic heterocycles. The van der Waals surface area contributed by atoms with E-state index in [1.807, 2.05) is 0 Å². The lowest BCUT2D eigenvalue weighted by Gasteiger charge is -2.23. The number of hydrogen-bond donors (Lipinski definition) is 2. The second-order valence-electron chi connectivity index (χ2n) is 7.25. The maximum absolute atomic E-state index is 13.0. The summed E-state index contributed by atoms with van der Waals surface area (Å²) in [5.41, 5.74) is -2.72. The number of carbonyl (C=O) groups excluding carboxylic acids is 2. The number of rotatable bonds is 3. The number of alkyl halides is 6. The van der Waals surface area contributed by atoms with Crippen LogP contribution in [0, 0.1) is 0 Å². The van der Waals surface area contributed by atoms with Gasteiger partial charge in [-0.25, -0.2) is 4.98 Å². The van der Waals surface area contributed by atoms with Crippen molar-refractivity contribution in [1.29, 1.82) is 0 Å². The van der Waals surface area contributed by atoms with Gasteiger partial charge in [-0.2, -0.15) is 26.3 Å². The van der Waals surface area contributed by atoms with Crippen LogP contribution in [-0.4, -0.2) is 22.9 Å². The fourth-order valence-corrected chi connectivity index (χ4v) is 3.80. The molecule has 6 nitrogen and oxygen atoms in total. The summed E-state index contributed by atoms with van der Waals surface area (Å²) in [6.07, 6.45) is -10.8. The highest BCUT2D eigenvalue weighted by molar-refractivity contribution is 7.14. The molecular weight excluding hydrogens is 488 g/mol. The molecule has 1 aromatic heterocycles. The molecule has 2 N–H and O–H groups in total. The van der Waals surface area contributed by atoms with Crippen LogP contribution in [0.3, 0.4) is 0 Å². The van der Waals surface area contributed by atoms with Crippen molar-refractivity contribution in [1.82, 2.24) is 4.98 Å². The van der Waals surface area contributed by atoms with E-state index in [-0.39, 0.29) is 17.1 Å². The number of fused-ring (bicyclic) bond motifs is 1. The molecule has 3 aromatic rings. The van der Waals surface area contributed by atoms with Gasteiger partial charge in [0, 0.05) is 16.5 Å². The summed E-state index contributed by atoms with van der Waals surface area (Å²) >= 11 is 0.919. The maximum Gasteiger partial charge on any atom is 0.416 e. The van der Waals surface area contributed by atoms with Crippen LogP contribution in [0.1, 0.15) is 28.4 Å². The fourth-order valence-electron chi connectivity index (χ4n) is 3.09. The maximum atomic E-state index is 13.0. The average molecular weight is 501 g/mol. The number of nitrogens with one attached hydrogen (secondary N) is 2. The first-order valence-electron chi connectivity index (χ1n) is 9.49. The van der Waals surface area contributed by atoms with Crippen LogP contribution >= 0.6 is 11.3 Å². The van der Waals surface area contributed by atoms with E-state index in [4.69, 9.17) is 4.74 Å². The fraction of sp³-hybridized carbons (Fsp3) is 0.190. The van der Waals surface area contributed by atoms with Gasteiger partial charge in [0.25, 0.3) is 11.8 Å². The molecule has 0 aliphatic carbocycles. The lowest BCUT2D eigenvalue weighted by atomic mass is 10.0. The smallest absolute Gasteiger partial charge is 0.416 e. The van der Waals surface area contributed by atoms with E-state index < -0.39 is 41.1 Å². The number of thiazole rings is 1. The summed E-state index contributed by atoms with van der Waals surface area (Å²) in [6.45, 7) is 1.59. The van der Waals surface area contributed by atoms with Crippen LogP contribution in [-0.2, 0) is 17.1 Å². The molecule has 2 amide bonds. The largest absolute Gasteiger partial charge is 0.479 e. The molecule has 1 atom stereocenters. The highest BCUT2D eigenvalue weighted by Gasteiger charge is 2.37. The predicted molar refractivity (Wildman–Crippen MR) is 111 cm³/mol. The van der Waals surface area contributed by atoms with Gasteiger partial charge in [-0.05, 0) is 43.3 Å². The van der Waals surface area contributed by atoms with E-state index in [2.05, 4.69) is 15.6 Å². The number of aromatic nitrogens is 1. The van der Waals surface area contributed by atoms with Crippen molar-refractivity contribution in [3.63, 3.8) is 0 Å². The third kappa shape index (κ3) is 4.83. The predicted octanol–water partition coefficient (Wildman–Crippen LogP) is 5.82. The number of ether oxygens (including phenoxy) is 1. The number of hydrogen-bond acceptors (Lipinski definition) is 5. The Morgan fingerprint density at radius 2 is 1.71 bits per heavy atom. The van der Waals surface area contributed by atoms with E-state index in [1.165, 1.54) is 5.38 Å². The monoisotopic (exact) mass is 501 g/mol. The molecule has 0 fully saturated rings. The molecule has 34 heavy (non-hydrogen) atoms. The Bertz CT molecular complexity index is 1250. The third-order valence-corrected chi connectivity index (χ3v) is 5.54. The topological polar surface area (TPSA) is 80.3 Å². The quantitative estimate of drug-likeness (QED) is 0.444. The Morgan fingerprint density at radius 1 is 1.06 bits per heavy atom. The van der Waals surface area contributed by atoms with Gasteiger partial charge in [-0.15, -0.1) is 11.3 Å². The molecule has 2 aromatic carbocycles. The summed E-state index contributed by atoms with van der Waals surface area (Å²) < 4.78 is 83.7. The Kier molecular flexibility index (Phi) is 5.75. The number of carbonyl (C=O) groups is 2. The van der Waals surface area contributed by atoms with Crippen molar-refractivity contribution in [3.8, 4) is 17.0 Å². The van der Waals surface area contributed by atoms with Crippen molar-refractivity contribution in [2.45, 2.75) is 25.4 Å². The van der Waals surface area contributed by atoms with E-state index in [1.54, 1.807) is 25.1 Å². The number of amides is 2. The molecule has 1 unspecified atom stereocenters. The number of nitrogens with zero attached hydrogens (tertiary/aromatic N) is 1. The van der Waals surface area contributed by atoms with Crippen molar-refractivity contribution in [3.05, 3.63) is 58.5 Å². The van der Waals surface area contributed by atoms with Gasteiger partial charge in [0.1, 0.15) is 5.75 Å². The summed E-state index contributed by atoms with van der Waals surface area (Å²) in [5, 5.41) is 6.38. The van der Waals surface area contributed by atoms with Crippen LogP contribution in [0.2, 0.25) is 0 Å². The highest BCUT2D eigenvalue weighted by Crippen LogP contribution is 2.37. The lowest BCUT2D eigenvalue weighted by molar-refractivity contribution is -0.143. The number of anilines is 2. The summed E-state index contributed by atoms with van der Waals surface area (Å²) in [5.74, 6) is -1.07. The minimum Gasteiger partial charge on any atom is -0.479 e. The van der Waals surface area contributed by atoms with Crippen molar-refractivity contribution in [2.75, 3.05) is 10.6 Å². The molecule has 0 saturated heterocycles. The molecule has 0 bridgehead atoms. The molecule has 13 heteroatoms. The van der Waals surface area contributed by atoms with E-state index >= 15 is 0 Å². The van der Waals surface area contributed by atoms with Crippen molar-refractivity contribution < 1.29 is 40.7 Å². The summed E-state index contributed by atoms with van der Waals surface area (Å²) in [7, 11) is 0. The molecular formula is C21H13F6N3O3S. The molecule has 0 saturated carbocycles. The Labute approximate surface area is 191 Å². The van der Waals surface area contributed by atoms with Gasteiger partial charge in [0.2, 0.25) is 0 Å². The zero-order valence-corrected chi connectivity index (χ0v) is 17.8. The van der Waals surface area contributed by atoms with Crippen LogP contribution in [0.4, 0.5) is 37.2 Å². The molecule has 0 radical (unpaired) electrons. The Hall–Kier alpha value is -3.61. The SMILES string of the molecule is CC1Oc2ccc(-c3csc(NC(=O)c4cc(C(F)(F)F)cc(C(F)(F)F)c4)n3)cc2NC1=O. The van der Waals surface area contributed by atoms with Gasteiger partial charge < -0.3 is 10.1 Å².